The molecule has 0 spiro atoms. The summed E-state index contributed by atoms with van der Waals surface area (Å²) < 4.78 is 6.16. The minimum Gasteiger partial charge on any atom is -0.444 e. The van der Waals surface area contributed by atoms with E-state index in [9.17, 15) is 4.79 Å². The molecule has 0 aliphatic carbocycles. The molecule has 0 bridgehead atoms. The average Bonchev–Trinajstić information content (AvgIpc) is 2.24. The summed E-state index contributed by atoms with van der Waals surface area (Å²) in [5.74, 6) is 0. The van der Waals surface area contributed by atoms with Gasteiger partial charge in [-0.2, -0.15) is 0 Å². The zero-order chi connectivity index (χ0) is 13.6. The summed E-state index contributed by atoms with van der Waals surface area (Å²) in [6, 6.07) is 7.93. The maximum absolute atomic E-state index is 11.3. The predicted octanol–water partition coefficient (Wildman–Crippen LogP) is 3.99. The van der Waals surface area contributed by atoms with Crippen LogP contribution in [0.1, 0.15) is 26.3 Å². The number of hydrogen-bond donors (Lipinski definition) is 1. The highest BCUT2D eigenvalue weighted by molar-refractivity contribution is 9.10. The summed E-state index contributed by atoms with van der Waals surface area (Å²) in [4.78, 5) is 11.3. The standard InChI is InChI=1S/C14H18BrNO2/c1-14(2,3)18-13(17)16-10-4-5-11-6-8-12(15)9-7-11/h4-9H,10H2,1-3H3,(H,16,17). The Morgan fingerprint density at radius 1 is 1.33 bits per heavy atom. The summed E-state index contributed by atoms with van der Waals surface area (Å²) in [6.07, 6.45) is 3.43. The van der Waals surface area contributed by atoms with Gasteiger partial charge in [0.15, 0.2) is 0 Å². The van der Waals surface area contributed by atoms with Crippen LogP contribution in [0.4, 0.5) is 4.79 Å². The first-order valence-electron chi connectivity index (χ1n) is 5.76. The largest absolute Gasteiger partial charge is 0.444 e. The molecule has 0 heterocycles. The number of carbonyl (C=O) groups excluding carboxylic acids is 1. The summed E-state index contributed by atoms with van der Waals surface area (Å²) in [7, 11) is 0. The van der Waals surface area contributed by atoms with E-state index in [2.05, 4.69) is 21.2 Å². The normalized spacial score (nSPS) is 11.6. The quantitative estimate of drug-likeness (QED) is 0.916. The molecule has 1 rings (SSSR count). The van der Waals surface area contributed by atoms with E-state index in [0.717, 1.165) is 10.0 Å². The fourth-order valence-electron chi connectivity index (χ4n) is 1.23. The van der Waals surface area contributed by atoms with Crippen LogP contribution in [0.15, 0.2) is 34.8 Å². The average molecular weight is 312 g/mol. The number of benzene rings is 1. The zero-order valence-corrected chi connectivity index (χ0v) is 12.5. The molecule has 0 atom stereocenters. The molecule has 0 fully saturated rings. The lowest BCUT2D eigenvalue weighted by atomic mass is 10.2. The van der Waals surface area contributed by atoms with Crippen molar-refractivity contribution in [2.45, 2.75) is 26.4 Å². The highest BCUT2D eigenvalue weighted by atomic mass is 79.9. The van der Waals surface area contributed by atoms with Gasteiger partial charge in [-0.15, -0.1) is 0 Å². The van der Waals surface area contributed by atoms with Crippen LogP contribution in [0.2, 0.25) is 0 Å². The highest BCUT2D eigenvalue weighted by Crippen LogP contribution is 2.11. The summed E-state index contributed by atoms with van der Waals surface area (Å²) in [5, 5.41) is 2.66. The van der Waals surface area contributed by atoms with Gasteiger partial charge in [0.05, 0.1) is 0 Å². The van der Waals surface area contributed by atoms with Gasteiger partial charge in [0.2, 0.25) is 0 Å². The molecule has 0 saturated heterocycles. The molecule has 1 aromatic carbocycles. The first-order valence-corrected chi connectivity index (χ1v) is 6.55. The van der Waals surface area contributed by atoms with E-state index in [1.165, 1.54) is 0 Å². The molecule has 4 heteroatoms. The number of ether oxygens (including phenoxy) is 1. The van der Waals surface area contributed by atoms with Gasteiger partial charge in [0.1, 0.15) is 5.60 Å². The van der Waals surface area contributed by atoms with Crippen molar-refractivity contribution >= 4 is 28.1 Å². The third-order valence-corrected chi connectivity index (χ3v) is 2.47. The third kappa shape index (κ3) is 6.45. The van der Waals surface area contributed by atoms with Gasteiger partial charge < -0.3 is 10.1 Å². The lowest BCUT2D eigenvalue weighted by molar-refractivity contribution is 0.0534. The smallest absolute Gasteiger partial charge is 0.407 e. The molecule has 0 aromatic heterocycles. The van der Waals surface area contributed by atoms with E-state index in [0.29, 0.717) is 6.54 Å². The molecule has 0 saturated carbocycles. The Labute approximate surface area is 116 Å². The van der Waals surface area contributed by atoms with Gasteiger partial charge >= 0.3 is 6.09 Å². The van der Waals surface area contributed by atoms with Gasteiger partial charge in [-0.3, -0.25) is 0 Å². The maximum Gasteiger partial charge on any atom is 0.407 e. The fraction of sp³-hybridized carbons (Fsp3) is 0.357. The Morgan fingerprint density at radius 2 is 1.94 bits per heavy atom. The number of rotatable bonds is 3. The molecule has 1 amide bonds. The number of alkyl carbamates (subject to hydrolysis) is 1. The van der Waals surface area contributed by atoms with Crippen molar-refractivity contribution in [1.29, 1.82) is 0 Å². The molecule has 98 valence electrons. The number of nitrogens with one attached hydrogen (secondary N) is 1. The van der Waals surface area contributed by atoms with Crippen molar-refractivity contribution in [3.8, 4) is 0 Å². The van der Waals surface area contributed by atoms with Crippen LogP contribution in [0.3, 0.4) is 0 Å². The van der Waals surface area contributed by atoms with E-state index in [1.807, 2.05) is 57.2 Å². The van der Waals surface area contributed by atoms with Gasteiger partial charge in [-0.05, 0) is 38.5 Å². The van der Waals surface area contributed by atoms with Crippen LogP contribution in [0, 0.1) is 0 Å². The van der Waals surface area contributed by atoms with Crippen LogP contribution in [0.25, 0.3) is 6.08 Å². The summed E-state index contributed by atoms with van der Waals surface area (Å²) in [6.45, 7) is 5.96. The highest BCUT2D eigenvalue weighted by Gasteiger charge is 2.14. The van der Waals surface area contributed by atoms with Crippen molar-refractivity contribution in [2.24, 2.45) is 0 Å². The zero-order valence-electron chi connectivity index (χ0n) is 10.9. The number of amides is 1. The fourth-order valence-corrected chi connectivity index (χ4v) is 1.49. The first kappa shape index (κ1) is 14.8. The third-order valence-electron chi connectivity index (χ3n) is 1.94. The Balaban J connectivity index is 2.33. The molecule has 1 N–H and O–H groups in total. The van der Waals surface area contributed by atoms with Gasteiger partial charge in [-0.1, -0.05) is 40.2 Å². The van der Waals surface area contributed by atoms with Crippen molar-refractivity contribution < 1.29 is 9.53 Å². The van der Waals surface area contributed by atoms with E-state index in [4.69, 9.17) is 4.74 Å². The molecule has 3 nitrogen and oxygen atoms in total. The number of carbonyl (C=O) groups is 1. The molecule has 0 radical (unpaired) electrons. The van der Waals surface area contributed by atoms with E-state index in [-0.39, 0.29) is 0 Å². The van der Waals surface area contributed by atoms with Crippen LogP contribution in [0.5, 0.6) is 0 Å². The second-order valence-electron chi connectivity index (χ2n) is 4.84. The van der Waals surface area contributed by atoms with Crippen molar-refractivity contribution in [2.75, 3.05) is 6.54 Å². The number of hydrogen-bond acceptors (Lipinski definition) is 2. The van der Waals surface area contributed by atoms with Crippen LogP contribution >= 0.6 is 15.9 Å². The molecule has 1 aromatic rings. The summed E-state index contributed by atoms with van der Waals surface area (Å²) in [5.41, 5.74) is 0.628. The second-order valence-corrected chi connectivity index (χ2v) is 5.75. The van der Waals surface area contributed by atoms with Crippen LogP contribution in [-0.2, 0) is 4.74 Å². The van der Waals surface area contributed by atoms with Crippen LogP contribution in [-0.4, -0.2) is 18.2 Å². The van der Waals surface area contributed by atoms with Crippen molar-refractivity contribution in [3.05, 3.63) is 40.4 Å². The van der Waals surface area contributed by atoms with Gasteiger partial charge in [0.25, 0.3) is 0 Å². The second kappa shape index (κ2) is 6.59. The lowest BCUT2D eigenvalue weighted by Crippen LogP contribution is -2.32. The Morgan fingerprint density at radius 3 is 2.50 bits per heavy atom. The predicted molar refractivity (Wildman–Crippen MR) is 77.4 cm³/mol. The molecule has 0 aliphatic rings. The molecule has 0 unspecified atom stereocenters. The molecular formula is C14H18BrNO2. The minimum atomic E-state index is -0.459. The number of halogens is 1. The topological polar surface area (TPSA) is 38.3 Å². The maximum atomic E-state index is 11.3. The molecule has 18 heavy (non-hydrogen) atoms. The molecule has 0 aliphatic heterocycles. The first-order chi connectivity index (χ1) is 8.37. The van der Waals surface area contributed by atoms with Gasteiger partial charge in [-0.25, -0.2) is 4.79 Å². The Bertz CT molecular complexity index is 418. The minimum absolute atomic E-state index is 0.400. The lowest BCUT2D eigenvalue weighted by Gasteiger charge is -2.19. The van der Waals surface area contributed by atoms with Crippen molar-refractivity contribution in [3.63, 3.8) is 0 Å². The monoisotopic (exact) mass is 311 g/mol. The van der Waals surface area contributed by atoms with E-state index in [1.54, 1.807) is 0 Å². The van der Waals surface area contributed by atoms with Gasteiger partial charge in [0, 0.05) is 11.0 Å². The molecular weight excluding hydrogens is 294 g/mol. The van der Waals surface area contributed by atoms with Crippen LogP contribution < -0.4 is 5.32 Å². The summed E-state index contributed by atoms with van der Waals surface area (Å²) >= 11 is 3.38. The Hall–Kier alpha value is -1.29. The Kier molecular flexibility index (Phi) is 5.41. The SMILES string of the molecule is CC(C)(C)OC(=O)NCC=Cc1ccc(Br)cc1. The van der Waals surface area contributed by atoms with Crippen molar-refractivity contribution in [1.82, 2.24) is 5.32 Å². The van der Waals surface area contributed by atoms with E-state index < -0.39 is 11.7 Å². The van der Waals surface area contributed by atoms with E-state index >= 15 is 0 Å².